The number of nitrogens with one attached hydrogen (secondary N) is 1. The summed E-state index contributed by atoms with van der Waals surface area (Å²) >= 11 is 12.9. The number of carbonyl (C=O) groups excluding carboxylic acids is 1. The molecule has 0 saturated carbocycles. The lowest BCUT2D eigenvalue weighted by atomic mass is 10.1. The maximum Gasteiger partial charge on any atom is 0.260 e. The lowest BCUT2D eigenvalue weighted by molar-refractivity contribution is 0.102. The minimum Gasteiger partial charge on any atom is -0.320 e. The summed E-state index contributed by atoms with van der Waals surface area (Å²) in [6.45, 7) is 4.25. The number of hydrogen-bond donors (Lipinski definition) is 1. The molecule has 0 unspecified atom stereocenters. The Labute approximate surface area is 183 Å². The van der Waals surface area contributed by atoms with Crippen molar-refractivity contribution < 1.29 is 4.79 Å². The molecule has 2 aromatic heterocycles. The summed E-state index contributed by atoms with van der Waals surface area (Å²) in [6.07, 6.45) is 2.90. The van der Waals surface area contributed by atoms with Crippen molar-refractivity contribution in [3.63, 3.8) is 0 Å². The van der Waals surface area contributed by atoms with E-state index in [0.717, 1.165) is 5.56 Å². The normalized spacial score (nSPS) is 10.9. The number of nitrogens with zero attached hydrogens (tertiary/aromatic N) is 5. The quantitative estimate of drug-likeness (QED) is 0.488. The zero-order valence-electron chi connectivity index (χ0n) is 16.3. The van der Waals surface area contributed by atoms with Gasteiger partial charge in [0, 0.05) is 0 Å². The van der Waals surface area contributed by atoms with Gasteiger partial charge in [-0.15, -0.1) is 0 Å². The predicted octanol–water partition coefficient (Wildman–Crippen LogP) is 4.69. The molecule has 0 spiro atoms. The summed E-state index contributed by atoms with van der Waals surface area (Å²) in [5, 5.41) is 12.1. The number of halogens is 2. The van der Waals surface area contributed by atoms with Crippen LogP contribution in [0, 0.1) is 13.8 Å². The van der Waals surface area contributed by atoms with Crippen molar-refractivity contribution in [2.24, 2.45) is 0 Å². The molecule has 0 saturated heterocycles. The number of benzene rings is 2. The average molecular weight is 441 g/mol. The minimum atomic E-state index is -0.378. The van der Waals surface area contributed by atoms with Gasteiger partial charge in [0.25, 0.3) is 5.91 Å². The topological polar surface area (TPSA) is 77.6 Å². The molecule has 2 heterocycles. The Morgan fingerprint density at radius 3 is 2.57 bits per heavy atom. The van der Waals surface area contributed by atoms with E-state index in [1.54, 1.807) is 29.8 Å². The van der Waals surface area contributed by atoms with Gasteiger partial charge < -0.3 is 5.32 Å². The van der Waals surface area contributed by atoms with Crippen molar-refractivity contribution in [3.05, 3.63) is 87.7 Å². The van der Waals surface area contributed by atoms with Crippen molar-refractivity contribution in [2.45, 2.75) is 20.4 Å². The Kier molecular flexibility index (Phi) is 5.57. The highest BCUT2D eigenvalue weighted by Crippen LogP contribution is 2.29. The summed E-state index contributed by atoms with van der Waals surface area (Å²) < 4.78 is 3.11. The number of carbonyl (C=O) groups is 1. The first kappa shape index (κ1) is 20.1. The van der Waals surface area contributed by atoms with Crippen molar-refractivity contribution in [2.75, 3.05) is 5.32 Å². The molecule has 2 aromatic carbocycles. The fourth-order valence-corrected chi connectivity index (χ4v) is 3.72. The van der Waals surface area contributed by atoms with E-state index in [4.69, 9.17) is 23.2 Å². The van der Waals surface area contributed by atoms with Crippen molar-refractivity contribution in [1.29, 1.82) is 0 Å². The van der Waals surface area contributed by atoms with Crippen LogP contribution in [0.1, 0.15) is 27.2 Å². The Morgan fingerprint density at radius 2 is 1.87 bits per heavy atom. The third-order valence-corrected chi connectivity index (χ3v) is 5.32. The van der Waals surface area contributed by atoms with Gasteiger partial charge in [-0.3, -0.25) is 4.79 Å². The molecule has 4 rings (SSSR count). The van der Waals surface area contributed by atoms with Crippen LogP contribution in [0.15, 0.2) is 55.1 Å². The molecule has 4 aromatic rings. The van der Waals surface area contributed by atoms with E-state index in [9.17, 15) is 4.79 Å². The Hall–Kier alpha value is -3.16. The number of hydrogen-bond acceptors (Lipinski definition) is 4. The fourth-order valence-electron chi connectivity index (χ4n) is 3.14. The first-order chi connectivity index (χ1) is 14.4. The SMILES string of the molecule is Cc1ccc(Cn2nc(C)c(C(=O)Nc3cccc(Cl)c3-n3cncn3)c2Cl)cc1. The fraction of sp³-hybridized carbons (Fsp3) is 0.143. The van der Waals surface area contributed by atoms with Gasteiger partial charge in [0.05, 0.1) is 28.5 Å². The molecule has 0 bridgehead atoms. The summed E-state index contributed by atoms with van der Waals surface area (Å²) in [4.78, 5) is 17.0. The summed E-state index contributed by atoms with van der Waals surface area (Å²) in [7, 11) is 0. The number of rotatable bonds is 5. The number of amides is 1. The van der Waals surface area contributed by atoms with E-state index >= 15 is 0 Å². The monoisotopic (exact) mass is 440 g/mol. The zero-order chi connectivity index (χ0) is 21.3. The summed E-state index contributed by atoms with van der Waals surface area (Å²) in [5.41, 5.74) is 4.07. The van der Waals surface area contributed by atoms with E-state index in [-0.39, 0.29) is 11.1 Å². The molecule has 0 atom stereocenters. The molecule has 0 aliphatic heterocycles. The summed E-state index contributed by atoms with van der Waals surface area (Å²) in [5.74, 6) is -0.378. The highest BCUT2D eigenvalue weighted by atomic mass is 35.5. The maximum absolute atomic E-state index is 13.1. The van der Waals surface area contributed by atoms with Crippen LogP contribution in [0.2, 0.25) is 10.2 Å². The largest absolute Gasteiger partial charge is 0.320 e. The molecule has 0 radical (unpaired) electrons. The van der Waals surface area contributed by atoms with Gasteiger partial charge in [0.2, 0.25) is 0 Å². The van der Waals surface area contributed by atoms with E-state index in [1.807, 2.05) is 31.2 Å². The number of aromatic nitrogens is 5. The van der Waals surface area contributed by atoms with Crippen LogP contribution in [0.4, 0.5) is 5.69 Å². The number of anilines is 1. The van der Waals surface area contributed by atoms with Gasteiger partial charge in [0.15, 0.2) is 0 Å². The van der Waals surface area contributed by atoms with Crippen LogP contribution in [-0.2, 0) is 6.54 Å². The second kappa shape index (κ2) is 8.30. The molecule has 1 N–H and O–H groups in total. The van der Waals surface area contributed by atoms with Crippen LogP contribution < -0.4 is 5.32 Å². The van der Waals surface area contributed by atoms with Gasteiger partial charge in [-0.05, 0) is 31.5 Å². The van der Waals surface area contributed by atoms with Crippen LogP contribution in [-0.4, -0.2) is 30.5 Å². The van der Waals surface area contributed by atoms with Gasteiger partial charge in [0.1, 0.15) is 23.5 Å². The van der Waals surface area contributed by atoms with E-state index in [1.165, 1.54) is 22.9 Å². The van der Waals surface area contributed by atoms with Crippen LogP contribution >= 0.6 is 23.2 Å². The highest BCUT2D eigenvalue weighted by Gasteiger charge is 2.22. The smallest absolute Gasteiger partial charge is 0.260 e. The van der Waals surface area contributed by atoms with E-state index in [0.29, 0.717) is 34.2 Å². The van der Waals surface area contributed by atoms with Crippen LogP contribution in [0.5, 0.6) is 0 Å². The first-order valence-electron chi connectivity index (χ1n) is 9.17. The third-order valence-electron chi connectivity index (χ3n) is 4.63. The van der Waals surface area contributed by atoms with Gasteiger partial charge >= 0.3 is 0 Å². The number of para-hydroxylation sites is 1. The zero-order valence-corrected chi connectivity index (χ0v) is 17.8. The molecule has 0 aliphatic rings. The highest BCUT2D eigenvalue weighted by molar-refractivity contribution is 6.34. The van der Waals surface area contributed by atoms with E-state index in [2.05, 4.69) is 20.5 Å². The third kappa shape index (κ3) is 3.94. The van der Waals surface area contributed by atoms with Gasteiger partial charge in [-0.1, -0.05) is 59.1 Å². The summed E-state index contributed by atoms with van der Waals surface area (Å²) in [6, 6.07) is 13.3. The molecule has 1 amide bonds. The standard InChI is InChI=1S/C21H18Cl2N6O/c1-13-6-8-15(9-7-13)10-28-20(23)18(14(2)27-28)21(30)26-17-5-3-4-16(22)19(17)29-12-24-11-25-29/h3-9,11-12H,10H2,1-2H3,(H,26,30). The van der Waals surface area contributed by atoms with Crippen molar-refractivity contribution in [3.8, 4) is 5.69 Å². The second-order valence-corrected chi connectivity index (χ2v) is 7.59. The van der Waals surface area contributed by atoms with E-state index < -0.39 is 0 Å². The van der Waals surface area contributed by atoms with Crippen LogP contribution in [0.25, 0.3) is 5.69 Å². The molecule has 7 nitrogen and oxygen atoms in total. The van der Waals surface area contributed by atoms with Gasteiger partial charge in [-0.2, -0.15) is 10.2 Å². The maximum atomic E-state index is 13.1. The molecule has 0 aliphatic carbocycles. The Balaban J connectivity index is 1.63. The lowest BCUT2D eigenvalue weighted by Gasteiger charge is -2.12. The Morgan fingerprint density at radius 1 is 1.10 bits per heavy atom. The molecular formula is C21H18Cl2N6O. The van der Waals surface area contributed by atoms with Crippen molar-refractivity contribution >= 4 is 34.8 Å². The Bertz CT molecular complexity index is 1200. The van der Waals surface area contributed by atoms with Crippen molar-refractivity contribution in [1.82, 2.24) is 24.5 Å². The van der Waals surface area contributed by atoms with Gasteiger partial charge in [-0.25, -0.2) is 14.3 Å². The molecule has 152 valence electrons. The molecule has 9 heteroatoms. The number of aryl methyl sites for hydroxylation is 2. The lowest BCUT2D eigenvalue weighted by Crippen LogP contribution is -2.15. The molecule has 0 fully saturated rings. The average Bonchev–Trinajstić information content (AvgIpc) is 3.32. The molecule has 30 heavy (non-hydrogen) atoms. The molecular weight excluding hydrogens is 423 g/mol. The predicted molar refractivity (Wildman–Crippen MR) is 117 cm³/mol. The minimum absolute atomic E-state index is 0.273. The first-order valence-corrected chi connectivity index (χ1v) is 9.93. The van der Waals surface area contributed by atoms with Crippen LogP contribution in [0.3, 0.4) is 0 Å². The second-order valence-electron chi connectivity index (χ2n) is 6.82.